The van der Waals surface area contributed by atoms with Gasteiger partial charge in [0.05, 0.1) is 6.54 Å². The average Bonchev–Trinajstić information content (AvgIpc) is 2.25. The maximum absolute atomic E-state index is 11.6. The van der Waals surface area contributed by atoms with E-state index in [0.717, 1.165) is 19.6 Å². The van der Waals surface area contributed by atoms with E-state index in [0.29, 0.717) is 6.54 Å². The van der Waals surface area contributed by atoms with E-state index in [9.17, 15) is 4.79 Å². The molecular weight excluding hydrogens is 176 g/mol. The molecule has 0 aliphatic carbocycles. The topological polar surface area (TPSA) is 32.3 Å². The van der Waals surface area contributed by atoms with Crippen molar-refractivity contribution in [3.05, 3.63) is 12.2 Å². The highest BCUT2D eigenvalue weighted by molar-refractivity contribution is 5.78. The fourth-order valence-corrected chi connectivity index (χ4v) is 1.64. The van der Waals surface area contributed by atoms with Crippen LogP contribution in [-0.4, -0.2) is 37.0 Å². The van der Waals surface area contributed by atoms with Crippen LogP contribution in [0.3, 0.4) is 0 Å². The lowest BCUT2D eigenvalue weighted by Crippen LogP contribution is -2.41. The smallest absolute Gasteiger partial charge is 0.236 e. The molecule has 0 aromatic heterocycles. The Bertz CT molecular complexity index is 195. The van der Waals surface area contributed by atoms with Crippen molar-refractivity contribution >= 4 is 5.91 Å². The van der Waals surface area contributed by atoms with Crippen molar-refractivity contribution in [2.24, 2.45) is 0 Å². The Morgan fingerprint density at radius 1 is 1.36 bits per heavy atom. The first-order chi connectivity index (χ1) is 6.84. The number of rotatable bonds is 4. The molecule has 1 heterocycles. The fourth-order valence-electron chi connectivity index (χ4n) is 1.64. The second-order valence-electron chi connectivity index (χ2n) is 3.64. The third kappa shape index (κ3) is 3.92. The van der Waals surface area contributed by atoms with E-state index in [4.69, 9.17) is 0 Å². The molecule has 0 aromatic carbocycles. The number of nitrogens with zero attached hydrogens (tertiary/aromatic N) is 1. The molecule has 0 aromatic rings. The van der Waals surface area contributed by atoms with Gasteiger partial charge in [-0.3, -0.25) is 4.79 Å². The van der Waals surface area contributed by atoms with Gasteiger partial charge in [0.15, 0.2) is 0 Å². The van der Waals surface area contributed by atoms with Crippen molar-refractivity contribution in [3.63, 3.8) is 0 Å². The number of allylic oxidation sites excluding steroid dienone is 1. The van der Waals surface area contributed by atoms with Gasteiger partial charge in [0, 0.05) is 19.6 Å². The minimum absolute atomic E-state index is 0.245. The quantitative estimate of drug-likeness (QED) is 0.540. The predicted octanol–water partition coefficient (Wildman–Crippen LogP) is 1.16. The number of amides is 1. The molecule has 0 atom stereocenters. The first-order valence-corrected chi connectivity index (χ1v) is 5.44. The largest absolute Gasteiger partial charge is 0.342 e. The predicted molar refractivity (Wildman–Crippen MR) is 58.1 cm³/mol. The Labute approximate surface area is 86.2 Å². The molecule has 1 saturated heterocycles. The van der Waals surface area contributed by atoms with Crippen LogP contribution in [0.25, 0.3) is 0 Å². The van der Waals surface area contributed by atoms with E-state index >= 15 is 0 Å². The third-order valence-corrected chi connectivity index (χ3v) is 2.48. The molecular formula is C11H20N2O. The monoisotopic (exact) mass is 196 g/mol. The van der Waals surface area contributed by atoms with Gasteiger partial charge in [-0.25, -0.2) is 0 Å². The van der Waals surface area contributed by atoms with E-state index in [1.165, 1.54) is 19.3 Å². The molecule has 1 amide bonds. The summed E-state index contributed by atoms with van der Waals surface area (Å²) in [4.78, 5) is 13.6. The maximum Gasteiger partial charge on any atom is 0.236 e. The zero-order valence-electron chi connectivity index (χ0n) is 8.96. The summed E-state index contributed by atoms with van der Waals surface area (Å²) in [5, 5.41) is 3.11. The van der Waals surface area contributed by atoms with Gasteiger partial charge >= 0.3 is 0 Å². The van der Waals surface area contributed by atoms with Crippen molar-refractivity contribution in [3.8, 4) is 0 Å². The molecule has 3 nitrogen and oxygen atoms in total. The second-order valence-corrected chi connectivity index (χ2v) is 3.64. The van der Waals surface area contributed by atoms with E-state index < -0.39 is 0 Å². The van der Waals surface area contributed by atoms with Crippen LogP contribution in [-0.2, 0) is 4.79 Å². The van der Waals surface area contributed by atoms with E-state index in [1.807, 2.05) is 24.0 Å². The molecule has 0 unspecified atom stereocenters. The van der Waals surface area contributed by atoms with E-state index in [2.05, 4.69) is 5.32 Å². The molecule has 1 fully saturated rings. The van der Waals surface area contributed by atoms with Crippen LogP contribution in [0.2, 0.25) is 0 Å². The van der Waals surface area contributed by atoms with Gasteiger partial charge < -0.3 is 10.2 Å². The maximum atomic E-state index is 11.6. The van der Waals surface area contributed by atoms with Gasteiger partial charge in [-0.2, -0.15) is 0 Å². The lowest BCUT2D eigenvalue weighted by Gasteiger charge is -2.26. The Balaban J connectivity index is 2.13. The van der Waals surface area contributed by atoms with Crippen molar-refractivity contribution in [1.29, 1.82) is 0 Å². The summed E-state index contributed by atoms with van der Waals surface area (Å²) in [6.07, 6.45) is 7.61. The number of likely N-dealkylation sites (tertiary alicyclic amines) is 1. The van der Waals surface area contributed by atoms with Crippen molar-refractivity contribution in [2.75, 3.05) is 26.2 Å². The van der Waals surface area contributed by atoms with Crippen LogP contribution in [0, 0.1) is 0 Å². The van der Waals surface area contributed by atoms with Gasteiger partial charge in [-0.05, 0) is 26.2 Å². The molecule has 1 aliphatic heterocycles. The summed E-state index contributed by atoms with van der Waals surface area (Å²) in [5.74, 6) is 0.245. The summed E-state index contributed by atoms with van der Waals surface area (Å²) in [5.41, 5.74) is 0. The number of hydrogen-bond donors (Lipinski definition) is 1. The summed E-state index contributed by atoms with van der Waals surface area (Å²) < 4.78 is 0. The van der Waals surface area contributed by atoms with Crippen LogP contribution >= 0.6 is 0 Å². The van der Waals surface area contributed by atoms with Crippen LogP contribution in [0.5, 0.6) is 0 Å². The highest BCUT2D eigenvalue weighted by Crippen LogP contribution is 2.07. The molecule has 0 spiro atoms. The van der Waals surface area contributed by atoms with Gasteiger partial charge in [-0.15, -0.1) is 0 Å². The molecule has 0 saturated carbocycles. The lowest BCUT2D eigenvalue weighted by molar-refractivity contribution is -0.131. The first-order valence-electron chi connectivity index (χ1n) is 5.44. The summed E-state index contributed by atoms with van der Waals surface area (Å²) in [6.45, 7) is 5.14. The van der Waals surface area contributed by atoms with Gasteiger partial charge in [0.2, 0.25) is 5.91 Å². The average molecular weight is 196 g/mol. The molecule has 1 N–H and O–H groups in total. The zero-order chi connectivity index (χ0) is 10.2. The Morgan fingerprint density at radius 2 is 2.07 bits per heavy atom. The van der Waals surface area contributed by atoms with Gasteiger partial charge in [0.1, 0.15) is 0 Å². The molecule has 1 rings (SSSR count). The summed E-state index contributed by atoms with van der Waals surface area (Å²) in [7, 11) is 0. The SMILES string of the molecule is C/C=C/CNCC(=O)N1CCCCC1. The van der Waals surface area contributed by atoms with Crippen molar-refractivity contribution < 1.29 is 4.79 Å². The third-order valence-electron chi connectivity index (χ3n) is 2.48. The molecule has 14 heavy (non-hydrogen) atoms. The van der Waals surface area contributed by atoms with E-state index in [-0.39, 0.29) is 5.91 Å². The molecule has 0 radical (unpaired) electrons. The van der Waals surface area contributed by atoms with E-state index in [1.54, 1.807) is 0 Å². The number of carbonyl (C=O) groups is 1. The highest BCUT2D eigenvalue weighted by Gasteiger charge is 2.14. The summed E-state index contributed by atoms with van der Waals surface area (Å²) >= 11 is 0. The lowest BCUT2D eigenvalue weighted by atomic mass is 10.1. The Hall–Kier alpha value is -0.830. The minimum Gasteiger partial charge on any atom is -0.342 e. The molecule has 0 bridgehead atoms. The molecule has 80 valence electrons. The fraction of sp³-hybridized carbons (Fsp3) is 0.727. The standard InChI is InChI=1S/C11H20N2O/c1-2-3-7-12-10-11(14)13-8-5-4-6-9-13/h2-3,12H,4-10H2,1H3/b3-2+. The van der Waals surface area contributed by atoms with Crippen LogP contribution in [0.1, 0.15) is 26.2 Å². The van der Waals surface area contributed by atoms with Crippen molar-refractivity contribution in [2.45, 2.75) is 26.2 Å². The summed E-state index contributed by atoms with van der Waals surface area (Å²) in [6, 6.07) is 0. The van der Waals surface area contributed by atoms with Crippen LogP contribution < -0.4 is 5.32 Å². The van der Waals surface area contributed by atoms with Gasteiger partial charge in [-0.1, -0.05) is 12.2 Å². The highest BCUT2D eigenvalue weighted by atomic mass is 16.2. The van der Waals surface area contributed by atoms with Crippen LogP contribution in [0.15, 0.2) is 12.2 Å². The Kier molecular flexibility index (Phi) is 5.30. The molecule has 1 aliphatic rings. The number of carbonyl (C=O) groups excluding carboxylic acids is 1. The number of nitrogens with one attached hydrogen (secondary N) is 1. The number of piperidine rings is 1. The van der Waals surface area contributed by atoms with Crippen LogP contribution in [0.4, 0.5) is 0 Å². The second kappa shape index (κ2) is 6.60. The normalized spacial score (nSPS) is 17.6. The van der Waals surface area contributed by atoms with Gasteiger partial charge in [0.25, 0.3) is 0 Å². The van der Waals surface area contributed by atoms with Crippen molar-refractivity contribution in [1.82, 2.24) is 10.2 Å². The zero-order valence-corrected chi connectivity index (χ0v) is 8.96. The molecule has 3 heteroatoms. The first kappa shape index (κ1) is 11.2. The Morgan fingerprint density at radius 3 is 2.71 bits per heavy atom. The minimum atomic E-state index is 0.245. The number of hydrogen-bond acceptors (Lipinski definition) is 2.